The molecule has 1 saturated heterocycles. The Morgan fingerprint density at radius 1 is 1.29 bits per heavy atom. The molecule has 9 nitrogen and oxygen atoms in total. The Bertz CT molecular complexity index is 1060. The van der Waals surface area contributed by atoms with Gasteiger partial charge < -0.3 is 24.7 Å². The molecule has 3 amide bonds. The number of likely N-dealkylation sites (N-methyl/N-ethyl adjacent to an activating group) is 1. The van der Waals surface area contributed by atoms with Gasteiger partial charge in [0.05, 0.1) is 13.7 Å². The number of carbonyl (C=O) groups excluding carboxylic acids is 3. The molecule has 0 aliphatic carbocycles. The van der Waals surface area contributed by atoms with Crippen molar-refractivity contribution in [2.75, 3.05) is 27.2 Å². The van der Waals surface area contributed by atoms with Gasteiger partial charge in [0, 0.05) is 37.0 Å². The number of hydrogen-bond donors (Lipinski definition) is 2. The van der Waals surface area contributed by atoms with Crippen LogP contribution in [0.15, 0.2) is 27.4 Å². The summed E-state index contributed by atoms with van der Waals surface area (Å²) in [7, 11) is 3.07. The fraction of sp³-hybridized carbons (Fsp3) is 0.455. The molecule has 1 aliphatic rings. The third kappa shape index (κ3) is 4.87. The van der Waals surface area contributed by atoms with E-state index in [9.17, 15) is 19.2 Å². The Kier molecular flexibility index (Phi) is 6.94. The summed E-state index contributed by atoms with van der Waals surface area (Å²) in [5, 5.41) is 5.92. The maximum Gasteiger partial charge on any atom is 0.339 e. The second-order valence-electron chi connectivity index (χ2n) is 7.49. The number of nitrogens with zero attached hydrogens (tertiary/aromatic N) is 1. The van der Waals surface area contributed by atoms with Crippen molar-refractivity contribution in [1.82, 2.24) is 15.5 Å². The molecule has 9 heteroatoms. The second-order valence-corrected chi connectivity index (χ2v) is 7.49. The summed E-state index contributed by atoms with van der Waals surface area (Å²) in [4.78, 5) is 50.5. The normalized spacial score (nSPS) is 15.7. The van der Waals surface area contributed by atoms with Crippen molar-refractivity contribution >= 4 is 28.7 Å². The molecule has 0 bridgehead atoms. The van der Waals surface area contributed by atoms with E-state index in [-0.39, 0.29) is 37.1 Å². The van der Waals surface area contributed by atoms with E-state index in [1.807, 2.05) is 13.0 Å². The predicted octanol–water partition coefficient (Wildman–Crippen LogP) is 0.896. The second kappa shape index (κ2) is 9.63. The highest BCUT2D eigenvalue weighted by molar-refractivity contribution is 5.90. The monoisotopic (exact) mass is 429 g/mol. The number of benzene rings is 1. The summed E-state index contributed by atoms with van der Waals surface area (Å²) in [5.74, 6) is -0.260. The van der Waals surface area contributed by atoms with Crippen molar-refractivity contribution in [3.8, 4) is 5.75 Å². The largest absolute Gasteiger partial charge is 0.497 e. The topological polar surface area (TPSA) is 118 Å². The molecule has 1 unspecified atom stereocenters. The van der Waals surface area contributed by atoms with Gasteiger partial charge >= 0.3 is 5.63 Å². The molecule has 1 aromatic carbocycles. The molecular formula is C22H27N3O6. The number of hydrogen-bond acceptors (Lipinski definition) is 6. The van der Waals surface area contributed by atoms with Gasteiger partial charge in [-0.1, -0.05) is 0 Å². The number of likely N-dealkylation sites (tertiary alicyclic amines) is 1. The minimum atomic E-state index is -0.493. The highest BCUT2D eigenvalue weighted by atomic mass is 16.5. The molecule has 3 rings (SSSR count). The molecule has 2 aromatic rings. The highest BCUT2D eigenvalue weighted by Crippen LogP contribution is 2.24. The van der Waals surface area contributed by atoms with Crippen LogP contribution in [0.3, 0.4) is 0 Å². The van der Waals surface area contributed by atoms with Crippen molar-refractivity contribution in [2.45, 2.75) is 38.6 Å². The van der Waals surface area contributed by atoms with Gasteiger partial charge in [0.2, 0.25) is 17.7 Å². The lowest BCUT2D eigenvalue weighted by Gasteiger charge is -2.23. The summed E-state index contributed by atoms with van der Waals surface area (Å²) in [5.41, 5.74) is 1.12. The summed E-state index contributed by atoms with van der Waals surface area (Å²) < 4.78 is 10.5. The molecule has 2 N–H and O–H groups in total. The lowest BCUT2D eigenvalue weighted by Crippen LogP contribution is -2.48. The van der Waals surface area contributed by atoms with Crippen LogP contribution in [0.2, 0.25) is 0 Å². The molecule has 31 heavy (non-hydrogen) atoms. The maximum absolute atomic E-state index is 12.4. The SMILES string of the molecule is CNC(=O)C1CCCN1C(=O)CNC(=O)CCc1c(C)c2ccc(OC)cc2oc1=O. The fourth-order valence-electron chi connectivity index (χ4n) is 3.90. The van der Waals surface area contributed by atoms with Crippen molar-refractivity contribution in [2.24, 2.45) is 0 Å². The van der Waals surface area contributed by atoms with Gasteiger partial charge in [0.15, 0.2) is 0 Å². The minimum absolute atomic E-state index is 0.0411. The average Bonchev–Trinajstić information content (AvgIpc) is 3.26. The van der Waals surface area contributed by atoms with Gasteiger partial charge in [-0.2, -0.15) is 0 Å². The molecule has 1 aliphatic heterocycles. The van der Waals surface area contributed by atoms with E-state index < -0.39 is 11.7 Å². The molecule has 166 valence electrons. The first-order chi connectivity index (χ1) is 14.8. The smallest absolute Gasteiger partial charge is 0.339 e. The lowest BCUT2D eigenvalue weighted by molar-refractivity contribution is -0.138. The van der Waals surface area contributed by atoms with Crippen molar-refractivity contribution in [3.63, 3.8) is 0 Å². The maximum atomic E-state index is 12.4. The zero-order chi connectivity index (χ0) is 22.5. The Balaban J connectivity index is 1.59. The third-order valence-corrected chi connectivity index (χ3v) is 5.66. The molecule has 1 atom stereocenters. The summed E-state index contributed by atoms with van der Waals surface area (Å²) in [6.45, 7) is 2.13. The number of carbonyl (C=O) groups is 3. The van der Waals surface area contributed by atoms with E-state index in [1.165, 1.54) is 19.1 Å². The molecule has 1 fully saturated rings. The zero-order valence-corrected chi connectivity index (χ0v) is 17.9. The fourth-order valence-corrected chi connectivity index (χ4v) is 3.90. The summed E-state index contributed by atoms with van der Waals surface area (Å²) in [6.07, 6.45) is 1.60. The zero-order valence-electron chi connectivity index (χ0n) is 17.9. The number of methoxy groups -OCH3 is 1. The van der Waals surface area contributed by atoms with Crippen LogP contribution in [0.5, 0.6) is 5.75 Å². The van der Waals surface area contributed by atoms with Crippen LogP contribution in [0, 0.1) is 6.92 Å². The first kappa shape index (κ1) is 22.3. The van der Waals surface area contributed by atoms with Gasteiger partial charge in [-0.15, -0.1) is 0 Å². The van der Waals surface area contributed by atoms with Crippen LogP contribution in [0.25, 0.3) is 11.0 Å². The standard InChI is InChI=1S/C22H27N3O6/c1-13-15-7-6-14(30-3)11-18(15)31-22(29)16(13)8-9-19(26)24-12-20(27)25-10-4-5-17(25)21(28)23-2/h6-7,11,17H,4-5,8-10,12H2,1-3H3,(H,23,28)(H,24,26). The van der Waals surface area contributed by atoms with Crippen LogP contribution >= 0.6 is 0 Å². The third-order valence-electron chi connectivity index (χ3n) is 5.66. The Morgan fingerprint density at radius 3 is 2.77 bits per heavy atom. The van der Waals surface area contributed by atoms with E-state index in [1.54, 1.807) is 12.1 Å². The van der Waals surface area contributed by atoms with Crippen LogP contribution < -0.4 is 21.0 Å². The summed E-state index contributed by atoms with van der Waals surface area (Å²) in [6, 6.07) is 4.75. The van der Waals surface area contributed by atoms with Gasteiger partial charge in [-0.25, -0.2) is 4.79 Å². The van der Waals surface area contributed by atoms with Crippen LogP contribution in [-0.2, 0) is 20.8 Å². The van der Waals surface area contributed by atoms with Crippen molar-refractivity contribution in [3.05, 3.63) is 39.7 Å². The van der Waals surface area contributed by atoms with E-state index in [0.29, 0.717) is 29.9 Å². The minimum Gasteiger partial charge on any atom is -0.497 e. The number of ether oxygens (including phenoxy) is 1. The van der Waals surface area contributed by atoms with Crippen LogP contribution in [0.1, 0.15) is 30.4 Å². The highest BCUT2D eigenvalue weighted by Gasteiger charge is 2.33. The molecule has 2 heterocycles. The Morgan fingerprint density at radius 2 is 2.06 bits per heavy atom. The van der Waals surface area contributed by atoms with E-state index in [4.69, 9.17) is 9.15 Å². The average molecular weight is 429 g/mol. The van der Waals surface area contributed by atoms with Gasteiger partial charge in [-0.05, 0) is 43.9 Å². The van der Waals surface area contributed by atoms with Crippen molar-refractivity contribution < 1.29 is 23.5 Å². The molecule has 0 spiro atoms. The van der Waals surface area contributed by atoms with Crippen LogP contribution in [0.4, 0.5) is 0 Å². The van der Waals surface area contributed by atoms with Gasteiger partial charge in [0.1, 0.15) is 17.4 Å². The first-order valence-corrected chi connectivity index (χ1v) is 10.2. The van der Waals surface area contributed by atoms with Gasteiger partial charge in [0.25, 0.3) is 0 Å². The van der Waals surface area contributed by atoms with E-state index >= 15 is 0 Å². The Labute approximate surface area is 179 Å². The molecule has 0 radical (unpaired) electrons. The number of aryl methyl sites for hydroxylation is 1. The number of amides is 3. The number of rotatable bonds is 7. The quantitative estimate of drug-likeness (QED) is 0.632. The van der Waals surface area contributed by atoms with Crippen molar-refractivity contribution in [1.29, 1.82) is 0 Å². The predicted molar refractivity (Wildman–Crippen MR) is 114 cm³/mol. The first-order valence-electron chi connectivity index (χ1n) is 10.2. The molecular weight excluding hydrogens is 402 g/mol. The number of nitrogens with one attached hydrogen (secondary N) is 2. The summed E-state index contributed by atoms with van der Waals surface area (Å²) >= 11 is 0. The number of fused-ring (bicyclic) bond motifs is 1. The van der Waals surface area contributed by atoms with Crippen LogP contribution in [-0.4, -0.2) is 55.9 Å². The lowest BCUT2D eigenvalue weighted by atomic mass is 10.0. The molecule has 0 saturated carbocycles. The van der Waals surface area contributed by atoms with Gasteiger partial charge in [-0.3, -0.25) is 14.4 Å². The molecule has 1 aromatic heterocycles. The Hall–Kier alpha value is -3.36. The van der Waals surface area contributed by atoms with E-state index in [0.717, 1.165) is 17.4 Å². The van der Waals surface area contributed by atoms with E-state index in [2.05, 4.69) is 10.6 Å².